The van der Waals surface area contributed by atoms with E-state index in [1.54, 1.807) is 49.4 Å². The van der Waals surface area contributed by atoms with E-state index in [0.29, 0.717) is 37.7 Å². The zero-order valence-electron chi connectivity index (χ0n) is 20.3. The monoisotopic (exact) mass is 521 g/mol. The lowest BCUT2D eigenvalue weighted by Crippen LogP contribution is -2.39. The van der Waals surface area contributed by atoms with Gasteiger partial charge in [-0.05, 0) is 36.3 Å². The highest BCUT2D eigenvalue weighted by Crippen LogP contribution is 2.36. The van der Waals surface area contributed by atoms with Crippen molar-refractivity contribution in [2.75, 3.05) is 20.8 Å². The summed E-state index contributed by atoms with van der Waals surface area (Å²) in [5.41, 5.74) is 1.20. The van der Waals surface area contributed by atoms with Crippen LogP contribution < -0.4 is 24.4 Å². The van der Waals surface area contributed by atoms with Crippen LogP contribution in [0.25, 0.3) is 6.08 Å². The van der Waals surface area contributed by atoms with Gasteiger partial charge in [0.1, 0.15) is 6.61 Å². The second-order valence-corrected chi connectivity index (χ2v) is 8.94. The number of rotatable bonds is 8. The number of nitrogens with zero attached hydrogens (tertiary/aromatic N) is 3. The Morgan fingerprint density at radius 2 is 2.03 bits per heavy atom. The van der Waals surface area contributed by atoms with Crippen molar-refractivity contribution in [2.24, 2.45) is 4.99 Å². The number of carbonyl (C=O) groups is 1. The molecule has 0 saturated carbocycles. The van der Waals surface area contributed by atoms with Gasteiger partial charge in [-0.15, -0.1) is 0 Å². The number of esters is 1. The van der Waals surface area contributed by atoms with Crippen molar-refractivity contribution >= 4 is 29.1 Å². The third-order valence-corrected chi connectivity index (χ3v) is 6.65. The predicted molar refractivity (Wildman–Crippen MR) is 138 cm³/mol. The highest BCUT2D eigenvalue weighted by Gasteiger charge is 2.33. The lowest BCUT2D eigenvalue weighted by atomic mass is 9.95. The van der Waals surface area contributed by atoms with Gasteiger partial charge in [0, 0.05) is 12.1 Å². The van der Waals surface area contributed by atoms with Gasteiger partial charge in [-0.3, -0.25) is 19.5 Å². The number of thiazole rings is 1. The van der Waals surface area contributed by atoms with Crippen molar-refractivity contribution < 1.29 is 23.9 Å². The van der Waals surface area contributed by atoms with E-state index in [0.717, 1.165) is 11.3 Å². The largest absolute Gasteiger partial charge is 0.493 e. The van der Waals surface area contributed by atoms with Crippen LogP contribution in [0.1, 0.15) is 24.1 Å². The first-order valence-corrected chi connectivity index (χ1v) is 11.9. The minimum absolute atomic E-state index is 0.0888. The number of fused-ring (bicyclic) bond motifs is 1. The number of benzene rings is 2. The minimum atomic E-state index is -0.849. The molecule has 0 N–H and O–H groups in total. The maximum Gasteiger partial charge on any atom is 0.338 e. The highest BCUT2D eigenvalue weighted by molar-refractivity contribution is 7.07. The van der Waals surface area contributed by atoms with Crippen molar-refractivity contribution in [3.8, 4) is 11.5 Å². The minimum Gasteiger partial charge on any atom is -0.493 e. The second kappa shape index (κ2) is 10.6. The van der Waals surface area contributed by atoms with Crippen molar-refractivity contribution in [2.45, 2.75) is 13.0 Å². The SMILES string of the molecule is C=CCOc1ccc(C2C(C(=O)OC)=C(C)N=c3sc(=Cc4cccc([N+](=O)[O-])c4)c(=O)n32)cc1OC. The van der Waals surface area contributed by atoms with Crippen LogP contribution in [0.5, 0.6) is 11.5 Å². The molecule has 2 aromatic carbocycles. The molecule has 1 aromatic heterocycles. The predicted octanol–water partition coefficient (Wildman–Crippen LogP) is 2.89. The smallest absolute Gasteiger partial charge is 0.338 e. The summed E-state index contributed by atoms with van der Waals surface area (Å²) < 4.78 is 17.9. The number of nitro benzene ring substituents is 1. The molecule has 0 spiro atoms. The summed E-state index contributed by atoms with van der Waals surface area (Å²) in [5, 5.41) is 11.2. The zero-order valence-corrected chi connectivity index (χ0v) is 21.1. The Balaban J connectivity index is 1.93. The first-order chi connectivity index (χ1) is 17.8. The third-order valence-electron chi connectivity index (χ3n) is 5.67. The van der Waals surface area contributed by atoms with Crippen LogP contribution in [-0.4, -0.2) is 36.3 Å². The van der Waals surface area contributed by atoms with Crippen LogP contribution in [0.3, 0.4) is 0 Å². The van der Waals surface area contributed by atoms with E-state index in [2.05, 4.69) is 11.6 Å². The van der Waals surface area contributed by atoms with Gasteiger partial charge in [0.05, 0.1) is 41.0 Å². The standard InChI is InChI=1S/C26H23N3O7S/c1-5-11-36-19-10-9-17(14-20(19)34-3)23-22(25(31)35-4)15(2)27-26-28(23)24(30)21(37-26)13-16-7-6-8-18(12-16)29(32)33/h5-10,12-14,23H,1,11H2,2-4H3. The van der Waals surface area contributed by atoms with E-state index >= 15 is 0 Å². The van der Waals surface area contributed by atoms with Gasteiger partial charge in [-0.25, -0.2) is 9.79 Å². The van der Waals surface area contributed by atoms with Crippen LogP contribution >= 0.6 is 11.3 Å². The normalized spacial score (nSPS) is 15.0. The summed E-state index contributed by atoms with van der Waals surface area (Å²) in [6.45, 7) is 5.59. The number of aromatic nitrogens is 1. The van der Waals surface area contributed by atoms with Crippen molar-refractivity contribution in [1.82, 2.24) is 4.57 Å². The van der Waals surface area contributed by atoms with E-state index in [9.17, 15) is 19.7 Å². The quantitative estimate of drug-likeness (QED) is 0.193. The lowest BCUT2D eigenvalue weighted by molar-refractivity contribution is -0.384. The average Bonchev–Trinajstić information content (AvgIpc) is 3.20. The molecule has 0 fully saturated rings. The number of hydrogen-bond acceptors (Lipinski definition) is 9. The Morgan fingerprint density at radius 3 is 2.70 bits per heavy atom. The van der Waals surface area contributed by atoms with Crippen LogP contribution in [0.4, 0.5) is 5.69 Å². The molecule has 0 aliphatic carbocycles. The Hall–Kier alpha value is -4.51. The van der Waals surface area contributed by atoms with Crippen LogP contribution in [0, 0.1) is 10.1 Å². The molecule has 1 atom stereocenters. The van der Waals surface area contributed by atoms with Crippen molar-refractivity contribution in [1.29, 1.82) is 0 Å². The van der Waals surface area contributed by atoms with Gasteiger partial charge < -0.3 is 14.2 Å². The number of nitro groups is 1. The van der Waals surface area contributed by atoms with Gasteiger partial charge in [-0.2, -0.15) is 0 Å². The molecule has 37 heavy (non-hydrogen) atoms. The lowest BCUT2D eigenvalue weighted by Gasteiger charge is -2.25. The zero-order chi connectivity index (χ0) is 26.7. The molecule has 4 rings (SSSR count). The summed E-state index contributed by atoms with van der Waals surface area (Å²) in [4.78, 5) is 42.1. The van der Waals surface area contributed by atoms with E-state index in [4.69, 9.17) is 14.2 Å². The van der Waals surface area contributed by atoms with Crippen LogP contribution in [-0.2, 0) is 9.53 Å². The number of ether oxygens (including phenoxy) is 3. The second-order valence-electron chi connectivity index (χ2n) is 7.94. The van der Waals surface area contributed by atoms with Crippen molar-refractivity contribution in [3.05, 3.63) is 107 Å². The summed E-state index contributed by atoms with van der Waals surface area (Å²) in [5.74, 6) is 0.270. The molecule has 3 aromatic rings. The molecule has 1 aliphatic heterocycles. The summed E-state index contributed by atoms with van der Waals surface area (Å²) in [6, 6.07) is 10.3. The fourth-order valence-corrected chi connectivity index (χ4v) is 5.06. The van der Waals surface area contributed by atoms with Crippen molar-refractivity contribution in [3.63, 3.8) is 0 Å². The molecule has 190 valence electrons. The van der Waals surface area contributed by atoms with E-state index < -0.39 is 22.5 Å². The molecular formula is C26H23N3O7S. The molecule has 0 amide bonds. The van der Waals surface area contributed by atoms with Gasteiger partial charge >= 0.3 is 5.97 Å². The number of non-ortho nitro benzene ring substituents is 1. The number of allylic oxidation sites excluding steroid dienone is 1. The molecule has 0 saturated heterocycles. The highest BCUT2D eigenvalue weighted by atomic mass is 32.1. The van der Waals surface area contributed by atoms with Crippen LogP contribution in [0.2, 0.25) is 0 Å². The Kier molecular flexibility index (Phi) is 7.35. The maximum absolute atomic E-state index is 13.7. The summed E-state index contributed by atoms with van der Waals surface area (Å²) >= 11 is 1.12. The van der Waals surface area contributed by atoms with Gasteiger partial charge in [-0.1, -0.05) is 42.2 Å². The Morgan fingerprint density at radius 1 is 1.24 bits per heavy atom. The first kappa shape index (κ1) is 25.6. The van der Waals surface area contributed by atoms with Gasteiger partial charge in [0.15, 0.2) is 16.3 Å². The van der Waals surface area contributed by atoms with E-state index in [1.165, 1.54) is 30.9 Å². The van der Waals surface area contributed by atoms with E-state index in [-0.39, 0.29) is 17.9 Å². The fourth-order valence-electron chi connectivity index (χ4n) is 4.01. The molecule has 2 heterocycles. The summed E-state index contributed by atoms with van der Waals surface area (Å²) in [6.07, 6.45) is 3.17. The average molecular weight is 522 g/mol. The fraction of sp³-hybridized carbons (Fsp3) is 0.192. The Bertz CT molecular complexity index is 1620. The molecule has 1 aliphatic rings. The first-order valence-electron chi connectivity index (χ1n) is 11.1. The molecule has 0 radical (unpaired) electrons. The number of carbonyl (C=O) groups excluding carboxylic acids is 1. The number of hydrogen-bond donors (Lipinski definition) is 0. The molecular weight excluding hydrogens is 498 g/mol. The summed E-state index contributed by atoms with van der Waals surface area (Å²) in [7, 11) is 2.76. The van der Waals surface area contributed by atoms with E-state index in [1.807, 2.05) is 0 Å². The van der Waals surface area contributed by atoms with Crippen LogP contribution in [0.15, 0.2) is 76.2 Å². The topological polar surface area (TPSA) is 122 Å². The van der Waals surface area contributed by atoms with Gasteiger partial charge in [0.25, 0.3) is 11.2 Å². The molecule has 0 bridgehead atoms. The third kappa shape index (κ3) is 4.94. The molecule has 1 unspecified atom stereocenters. The van der Waals surface area contributed by atoms with Gasteiger partial charge in [0.2, 0.25) is 0 Å². The number of methoxy groups -OCH3 is 2. The Labute approximate surface area is 215 Å². The molecule has 11 heteroatoms. The maximum atomic E-state index is 13.7. The molecule has 10 nitrogen and oxygen atoms in total.